The summed E-state index contributed by atoms with van der Waals surface area (Å²) in [7, 11) is 0. The number of pyridine rings is 1. The van der Waals surface area contributed by atoms with Gasteiger partial charge in [-0.05, 0) is 45.0 Å². The van der Waals surface area contributed by atoms with E-state index in [4.69, 9.17) is 0 Å². The maximum Gasteiger partial charge on any atom is 0.257 e. The van der Waals surface area contributed by atoms with Gasteiger partial charge >= 0.3 is 0 Å². The number of anilines is 2. The van der Waals surface area contributed by atoms with E-state index in [0.717, 1.165) is 29.9 Å². The molecule has 4 aromatic rings. The minimum atomic E-state index is -0.311. The first-order chi connectivity index (χ1) is 15.9. The van der Waals surface area contributed by atoms with Gasteiger partial charge in [0.2, 0.25) is 0 Å². The number of piperazine rings is 1. The second kappa shape index (κ2) is 8.15. The quantitative estimate of drug-likeness (QED) is 0.504. The van der Waals surface area contributed by atoms with Crippen LogP contribution >= 0.6 is 0 Å². The van der Waals surface area contributed by atoms with Gasteiger partial charge < -0.3 is 19.9 Å². The molecule has 1 aliphatic rings. The summed E-state index contributed by atoms with van der Waals surface area (Å²) in [5.41, 5.74) is 4.27. The van der Waals surface area contributed by atoms with Crippen LogP contribution in [0.4, 0.5) is 11.4 Å². The number of carbonyl (C=O) groups is 1. The summed E-state index contributed by atoms with van der Waals surface area (Å²) in [6.45, 7) is 7.93. The summed E-state index contributed by atoms with van der Waals surface area (Å²) in [6, 6.07) is 10.2. The Morgan fingerprint density at radius 3 is 2.76 bits per heavy atom. The number of aromatic nitrogens is 4. The SMILES string of the molecule is Cc1cn2cc(NC(=O)c3ccc(N4C[C@@H](C)N[C@@H](C)C4)c4ccnnc34)cc(C#N)c2n1. The Labute approximate surface area is 191 Å². The molecule has 1 saturated heterocycles. The van der Waals surface area contributed by atoms with E-state index in [1.807, 2.05) is 25.3 Å². The molecule has 33 heavy (non-hydrogen) atoms. The Bertz CT molecular complexity index is 1410. The molecule has 2 N–H and O–H groups in total. The van der Waals surface area contributed by atoms with Crippen LogP contribution in [-0.4, -0.2) is 50.7 Å². The fourth-order valence-electron chi connectivity index (χ4n) is 4.62. The summed E-state index contributed by atoms with van der Waals surface area (Å²) < 4.78 is 1.75. The Morgan fingerprint density at radius 1 is 1.21 bits per heavy atom. The van der Waals surface area contributed by atoms with Crippen molar-refractivity contribution in [1.82, 2.24) is 24.9 Å². The first-order valence-corrected chi connectivity index (χ1v) is 10.9. The minimum absolute atomic E-state index is 0.311. The van der Waals surface area contributed by atoms with Gasteiger partial charge in [-0.3, -0.25) is 4.79 Å². The maximum atomic E-state index is 13.3. The molecule has 0 bridgehead atoms. The Kier molecular flexibility index (Phi) is 5.15. The molecule has 3 aromatic heterocycles. The zero-order valence-electron chi connectivity index (χ0n) is 18.7. The number of nitrogens with zero attached hydrogens (tertiary/aromatic N) is 6. The van der Waals surface area contributed by atoms with Crippen LogP contribution in [0.1, 0.15) is 35.5 Å². The van der Waals surface area contributed by atoms with Crippen molar-refractivity contribution >= 4 is 33.8 Å². The molecule has 4 heterocycles. The molecule has 1 fully saturated rings. The number of amides is 1. The van der Waals surface area contributed by atoms with Crippen molar-refractivity contribution in [2.24, 2.45) is 0 Å². The summed E-state index contributed by atoms with van der Waals surface area (Å²) >= 11 is 0. The van der Waals surface area contributed by atoms with Crippen molar-refractivity contribution in [3.8, 4) is 6.07 Å². The number of nitriles is 1. The lowest BCUT2D eigenvalue weighted by atomic mass is 10.0. The Hall–Kier alpha value is -4.03. The highest BCUT2D eigenvalue weighted by Gasteiger charge is 2.24. The molecule has 0 saturated carbocycles. The summed E-state index contributed by atoms with van der Waals surface area (Å²) in [5, 5.41) is 25.2. The van der Waals surface area contributed by atoms with Gasteiger partial charge in [0, 0.05) is 48.6 Å². The topological polar surface area (TPSA) is 111 Å². The molecule has 9 heteroatoms. The molecule has 2 atom stereocenters. The van der Waals surface area contributed by atoms with Gasteiger partial charge in [0.05, 0.1) is 28.7 Å². The standard InChI is InChI=1S/C24H24N8O/c1-14-10-31(11-15(2)27-14)21-5-4-20(22-19(21)6-7-26-30-22)24(33)29-18-8-17(9-25)23-28-16(3)12-32(23)13-18/h4-8,12-15,27H,10-11H2,1-3H3,(H,29,33)/t14-,15+. The van der Waals surface area contributed by atoms with Gasteiger partial charge in [-0.15, -0.1) is 5.10 Å². The zero-order chi connectivity index (χ0) is 23.1. The van der Waals surface area contributed by atoms with E-state index < -0.39 is 0 Å². The lowest BCUT2D eigenvalue weighted by Crippen LogP contribution is -2.54. The predicted octanol–water partition coefficient (Wildman–Crippen LogP) is 2.90. The largest absolute Gasteiger partial charge is 0.368 e. The molecule has 0 spiro atoms. The van der Waals surface area contributed by atoms with Gasteiger partial charge in [-0.2, -0.15) is 10.4 Å². The molecule has 5 rings (SSSR count). The van der Waals surface area contributed by atoms with Crippen LogP contribution in [0.5, 0.6) is 0 Å². The lowest BCUT2D eigenvalue weighted by Gasteiger charge is -2.38. The molecule has 0 radical (unpaired) electrons. The number of imidazole rings is 1. The number of hydrogen-bond donors (Lipinski definition) is 2. The summed E-state index contributed by atoms with van der Waals surface area (Å²) in [5.74, 6) is -0.311. The third-order valence-corrected chi connectivity index (χ3v) is 5.85. The number of hydrogen-bond acceptors (Lipinski definition) is 7. The molecule has 0 aliphatic carbocycles. The number of aryl methyl sites for hydroxylation is 1. The second-order valence-electron chi connectivity index (χ2n) is 8.62. The van der Waals surface area contributed by atoms with Crippen LogP contribution in [-0.2, 0) is 0 Å². The molecule has 1 amide bonds. The highest BCUT2D eigenvalue weighted by Crippen LogP contribution is 2.30. The summed E-state index contributed by atoms with van der Waals surface area (Å²) in [6.07, 6.45) is 5.22. The molecule has 166 valence electrons. The summed E-state index contributed by atoms with van der Waals surface area (Å²) in [4.78, 5) is 19.9. The van der Waals surface area contributed by atoms with Crippen molar-refractivity contribution in [3.05, 3.63) is 59.7 Å². The van der Waals surface area contributed by atoms with Crippen LogP contribution in [0.25, 0.3) is 16.6 Å². The van der Waals surface area contributed by atoms with Crippen LogP contribution in [0, 0.1) is 18.3 Å². The van der Waals surface area contributed by atoms with Crippen LogP contribution in [0.3, 0.4) is 0 Å². The van der Waals surface area contributed by atoms with Crippen LogP contribution < -0.4 is 15.5 Å². The number of rotatable bonds is 3. The normalized spacial score (nSPS) is 18.4. The van der Waals surface area contributed by atoms with Crippen molar-refractivity contribution in [3.63, 3.8) is 0 Å². The highest BCUT2D eigenvalue weighted by atomic mass is 16.1. The number of carbonyl (C=O) groups excluding carboxylic acids is 1. The van der Waals surface area contributed by atoms with Crippen molar-refractivity contribution in [2.75, 3.05) is 23.3 Å². The molecular formula is C24H24N8O. The third-order valence-electron chi connectivity index (χ3n) is 5.85. The number of nitrogens with one attached hydrogen (secondary N) is 2. The van der Waals surface area contributed by atoms with Crippen molar-refractivity contribution < 1.29 is 4.79 Å². The van der Waals surface area contributed by atoms with Gasteiger partial charge in [0.15, 0.2) is 5.65 Å². The minimum Gasteiger partial charge on any atom is -0.368 e. The number of benzene rings is 1. The van der Waals surface area contributed by atoms with E-state index in [1.165, 1.54) is 0 Å². The first kappa shape index (κ1) is 20.8. The highest BCUT2D eigenvalue weighted by molar-refractivity contribution is 6.13. The van der Waals surface area contributed by atoms with E-state index in [2.05, 4.69) is 50.6 Å². The van der Waals surface area contributed by atoms with Crippen LogP contribution in [0.15, 0.2) is 42.9 Å². The number of fused-ring (bicyclic) bond motifs is 2. The van der Waals surface area contributed by atoms with E-state index in [0.29, 0.717) is 40.1 Å². The zero-order valence-corrected chi connectivity index (χ0v) is 18.7. The first-order valence-electron chi connectivity index (χ1n) is 10.9. The van der Waals surface area contributed by atoms with Gasteiger partial charge in [-0.1, -0.05) is 0 Å². The fraction of sp³-hybridized carbons (Fsp3) is 0.292. The van der Waals surface area contributed by atoms with E-state index in [-0.39, 0.29) is 5.91 Å². The Balaban J connectivity index is 1.51. The van der Waals surface area contributed by atoms with E-state index >= 15 is 0 Å². The lowest BCUT2D eigenvalue weighted by molar-refractivity contribution is 0.102. The van der Waals surface area contributed by atoms with E-state index in [1.54, 1.807) is 28.9 Å². The predicted molar refractivity (Wildman–Crippen MR) is 126 cm³/mol. The monoisotopic (exact) mass is 440 g/mol. The molecule has 1 aliphatic heterocycles. The van der Waals surface area contributed by atoms with Gasteiger partial charge in [-0.25, -0.2) is 4.98 Å². The third kappa shape index (κ3) is 3.85. The van der Waals surface area contributed by atoms with Gasteiger partial charge in [0.25, 0.3) is 5.91 Å². The average molecular weight is 441 g/mol. The fourth-order valence-corrected chi connectivity index (χ4v) is 4.62. The molecule has 9 nitrogen and oxygen atoms in total. The van der Waals surface area contributed by atoms with Gasteiger partial charge in [0.1, 0.15) is 11.6 Å². The Morgan fingerprint density at radius 2 is 2.00 bits per heavy atom. The second-order valence-corrected chi connectivity index (χ2v) is 8.62. The van der Waals surface area contributed by atoms with Crippen molar-refractivity contribution in [2.45, 2.75) is 32.9 Å². The molecule has 1 aromatic carbocycles. The smallest absolute Gasteiger partial charge is 0.257 e. The van der Waals surface area contributed by atoms with Crippen LogP contribution in [0.2, 0.25) is 0 Å². The van der Waals surface area contributed by atoms with E-state index in [9.17, 15) is 10.1 Å². The molecule has 0 unspecified atom stereocenters. The molecular weight excluding hydrogens is 416 g/mol. The average Bonchev–Trinajstić information content (AvgIpc) is 3.17. The van der Waals surface area contributed by atoms with Crippen molar-refractivity contribution in [1.29, 1.82) is 5.26 Å². The maximum absolute atomic E-state index is 13.3.